The van der Waals surface area contributed by atoms with E-state index in [-0.39, 0.29) is 5.91 Å². The van der Waals surface area contributed by atoms with Crippen LogP contribution in [-0.4, -0.2) is 18.0 Å². The molecule has 0 saturated carbocycles. The van der Waals surface area contributed by atoms with E-state index in [1.54, 1.807) is 0 Å². The van der Waals surface area contributed by atoms with Gasteiger partial charge in [0.1, 0.15) is 5.54 Å². The molecule has 2 rings (SSSR count). The number of likely N-dealkylation sites (N-methyl/N-ethyl adjacent to an activating group) is 1. The summed E-state index contributed by atoms with van der Waals surface area (Å²) in [6, 6.07) is 5.74. The molecule has 1 unspecified atom stereocenters. The first-order valence-electron chi connectivity index (χ1n) is 5.39. The van der Waals surface area contributed by atoms with Gasteiger partial charge in [0.15, 0.2) is 0 Å². The third-order valence-electron chi connectivity index (χ3n) is 3.14. The Morgan fingerprint density at radius 2 is 2.19 bits per heavy atom. The van der Waals surface area contributed by atoms with Gasteiger partial charge in [0.05, 0.1) is 0 Å². The van der Waals surface area contributed by atoms with Crippen molar-refractivity contribution in [3.05, 3.63) is 34.3 Å². The number of nitrogens with two attached hydrogens (primary N) is 1. The molecule has 1 aromatic rings. The van der Waals surface area contributed by atoms with E-state index in [9.17, 15) is 4.79 Å². The minimum absolute atomic E-state index is 0.290. The number of rotatable bonds is 3. The van der Waals surface area contributed by atoms with E-state index in [1.807, 2.05) is 25.1 Å². The van der Waals surface area contributed by atoms with E-state index in [0.29, 0.717) is 17.9 Å². The standard InChI is InChI=1S/C12H15ClN2O/c1-2-15-12(11(14)16)6-8-3-4-10(13)5-9(8)7-12/h3-5,15H,2,6-7H2,1H3,(H2,14,16). The molecule has 0 saturated heterocycles. The average Bonchev–Trinajstić information content (AvgIpc) is 2.57. The summed E-state index contributed by atoms with van der Waals surface area (Å²) in [7, 11) is 0. The maximum Gasteiger partial charge on any atom is 0.238 e. The first-order valence-corrected chi connectivity index (χ1v) is 5.77. The number of nitrogens with one attached hydrogen (secondary N) is 1. The summed E-state index contributed by atoms with van der Waals surface area (Å²) in [6.07, 6.45) is 1.29. The van der Waals surface area contributed by atoms with Gasteiger partial charge in [0.25, 0.3) is 0 Å². The van der Waals surface area contributed by atoms with E-state index >= 15 is 0 Å². The second-order valence-electron chi connectivity index (χ2n) is 4.24. The van der Waals surface area contributed by atoms with Gasteiger partial charge >= 0.3 is 0 Å². The lowest BCUT2D eigenvalue weighted by Gasteiger charge is -2.25. The Hall–Kier alpha value is -1.06. The predicted octanol–water partition coefficient (Wildman–Crippen LogP) is 1.27. The number of hydrogen-bond donors (Lipinski definition) is 2. The smallest absolute Gasteiger partial charge is 0.238 e. The molecule has 0 aliphatic heterocycles. The fourth-order valence-electron chi connectivity index (χ4n) is 2.37. The fourth-order valence-corrected chi connectivity index (χ4v) is 2.56. The maximum absolute atomic E-state index is 11.6. The van der Waals surface area contributed by atoms with Gasteiger partial charge in [-0.15, -0.1) is 0 Å². The van der Waals surface area contributed by atoms with Crippen molar-refractivity contribution in [1.29, 1.82) is 0 Å². The molecule has 16 heavy (non-hydrogen) atoms. The Morgan fingerprint density at radius 3 is 2.81 bits per heavy atom. The van der Waals surface area contributed by atoms with Crippen molar-refractivity contribution in [3.63, 3.8) is 0 Å². The molecule has 0 aromatic heterocycles. The lowest BCUT2D eigenvalue weighted by Crippen LogP contribution is -2.56. The van der Waals surface area contributed by atoms with Gasteiger partial charge in [0, 0.05) is 17.9 Å². The fraction of sp³-hybridized carbons (Fsp3) is 0.417. The molecule has 0 spiro atoms. The summed E-state index contributed by atoms with van der Waals surface area (Å²) in [4.78, 5) is 11.6. The molecule has 86 valence electrons. The minimum Gasteiger partial charge on any atom is -0.368 e. The van der Waals surface area contributed by atoms with Gasteiger partial charge in [-0.25, -0.2) is 0 Å². The van der Waals surface area contributed by atoms with Crippen LogP contribution in [0.25, 0.3) is 0 Å². The Kier molecular flexibility index (Phi) is 2.91. The Morgan fingerprint density at radius 1 is 1.50 bits per heavy atom. The number of carbonyl (C=O) groups excluding carboxylic acids is 1. The van der Waals surface area contributed by atoms with Crippen molar-refractivity contribution < 1.29 is 4.79 Å². The summed E-state index contributed by atoms with van der Waals surface area (Å²) >= 11 is 5.94. The molecule has 0 fully saturated rings. The van der Waals surface area contributed by atoms with Gasteiger partial charge in [-0.3, -0.25) is 4.79 Å². The highest BCUT2D eigenvalue weighted by Gasteiger charge is 2.41. The summed E-state index contributed by atoms with van der Waals surface area (Å²) in [5.41, 5.74) is 7.15. The molecule has 1 amide bonds. The van der Waals surface area contributed by atoms with Gasteiger partial charge in [0.2, 0.25) is 5.91 Å². The summed E-state index contributed by atoms with van der Waals surface area (Å²) in [6.45, 7) is 2.70. The van der Waals surface area contributed by atoms with Crippen LogP contribution >= 0.6 is 11.6 Å². The predicted molar refractivity (Wildman–Crippen MR) is 64.5 cm³/mol. The highest BCUT2D eigenvalue weighted by atomic mass is 35.5. The van der Waals surface area contributed by atoms with Crippen LogP contribution in [0, 0.1) is 0 Å². The first-order chi connectivity index (χ1) is 7.57. The van der Waals surface area contributed by atoms with Gasteiger partial charge in [-0.1, -0.05) is 24.6 Å². The molecule has 1 aliphatic rings. The summed E-state index contributed by atoms with van der Waals surface area (Å²) in [5.74, 6) is -0.290. The molecule has 0 heterocycles. The molecule has 0 radical (unpaired) electrons. The molecular formula is C12H15ClN2O. The van der Waals surface area contributed by atoms with Crippen molar-refractivity contribution in [1.82, 2.24) is 5.32 Å². The Bertz CT molecular complexity index is 433. The van der Waals surface area contributed by atoms with E-state index in [2.05, 4.69) is 5.32 Å². The largest absolute Gasteiger partial charge is 0.368 e. The molecule has 1 aromatic carbocycles. The van der Waals surface area contributed by atoms with Crippen LogP contribution in [0.1, 0.15) is 18.1 Å². The molecule has 3 nitrogen and oxygen atoms in total. The van der Waals surface area contributed by atoms with Gasteiger partial charge in [-0.05, 0) is 29.8 Å². The van der Waals surface area contributed by atoms with Crippen LogP contribution in [0.2, 0.25) is 5.02 Å². The molecule has 4 heteroatoms. The third kappa shape index (κ3) is 1.81. The monoisotopic (exact) mass is 238 g/mol. The third-order valence-corrected chi connectivity index (χ3v) is 3.37. The van der Waals surface area contributed by atoms with Crippen molar-refractivity contribution in [2.45, 2.75) is 25.3 Å². The first kappa shape index (κ1) is 11.4. The van der Waals surface area contributed by atoms with Crippen LogP contribution in [0.4, 0.5) is 0 Å². The van der Waals surface area contributed by atoms with Crippen molar-refractivity contribution in [2.75, 3.05) is 6.54 Å². The van der Waals surface area contributed by atoms with E-state index in [0.717, 1.165) is 17.7 Å². The lowest BCUT2D eigenvalue weighted by atomic mass is 9.95. The highest BCUT2D eigenvalue weighted by Crippen LogP contribution is 2.31. The van der Waals surface area contributed by atoms with E-state index < -0.39 is 5.54 Å². The zero-order valence-electron chi connectivity index (χ0n) is 9.22. The molecule has 0 bridgehead atoms. The van der Waals surface area contributed by atoms with E-state index in [4.69, 9.17) is 17.3 Å². The molecule has 1 aliphatic carbocycles. The lowest BCUT2D eigenvalue weighted by molar-refractivity contribution is -0.124. The number of carbonyl (C=O) groups is 1. The van der Waals surface area contributed by atoms with Crippen LogP contribution in [0.5, 0.6) is 0 Å². The quantitative estimate of drug-likeness (QED) is 0.834. The van der Waals surface area contributed by atoms with Crippen LogP contribution in [0.15, 0.2) is 18.2 Å². The number of hydrogen-bond acceptors (Lipinski definition) is 2. The number of benzene rings is 1. The van der Waals surface area contributed by atoms with E-state index in [1.165, 1.54) is 0 Å². The van der Waals surface area contributed by atoms with Crippen LogP contribution in [0.3, 0.4) is 0 Å². The second-order valence-corrected chi connectivity index (χ2v) is 4.68. The van der Waals surface area contributed by atoms with Crippen LogP contribution in [-0.2, 0) is 17.6 Å². The Balaban J connectivity index is 2.34. The second kappa shape index (κ2) is 4.07. The normalized spacial score (nSPS) is 23.1. The zero-order chi connectivity index (χ0) is 11.8. The number of primary amides is 1. The molecular weight excluding hydrogens is 224 g/mol. The maximum atomic E-state index is 11.6. The Labute approximate surface area is 100.0 Å². The van der Waals surface area contributed by atoms with Gasteiger partial charge in [-0.2, -0.15) is 0 Å². The topological polar surface area (TPSA) is 55.1 Å². The van der Waals surface area contributed by atoms with Crippen molar-refractivity contribution >= 4 is 17.5 Å². The zero-order valence-corrected chi connectivity index (χ0v) is 9.97. The summed E-state index contributed by atoms with van der Waals surface area (Å²) < 4.78 is 0. The van der Waals surface area contributed by atoms with Crippen LogP contribution < -0.4 is 11.1 Å². The highest BCUT2D eigenvalue weighted by molar-refractivity contribution is 6.30. The number of halogens is 1. The van der Waals surface area contributed by atoms with Crippen molar-refractivity contribution in [2.24, 2.45) is 5.73 Å². The number of fused-ring (bicyclic) bond motifs is 1. The number of amides is 1. The molecule has 3 N–H and O–H groups in total. The average molecular weight is 239 g/mol. The SMILES string of the molecule is CCNC1(C(N)=O)Cc2ccc(Cl)cc2C1. The van der Waals surface area contributed by atoms with Crippen molar-refractivity contribution in [3.8, 4) is 0 Å². The summed E-state index contributed by atoms with van der Waals surface area (Å²) in [5, 5.41) is 3.91. The van der Waals surface area contributed by atoms with Gasteiger partial charge < -0.3 is 11.1 Å². The minimum atomic E-state index is -0.623. The molecule has 1 atom stereocenters.